The third kappa shape index (κ3) is 4.40. The SMILES string of the molecule is COc1ccc(CCC(=O)NC2CC(=O)N(C(C)C)C2)cc1OC. The maximum atomic E-state index is 12.1. The van der Waals surface area contributed by atoms with Gasteiger partial charge in [0.15, 0.2) is 11.5 Å². The number of rotatable bonds is 7. The van der Waals surface area contributed by atoms with E-state index < -0.39 is 0 Å². The van der Waals surface area contributed by atoms with E-state index in [-0.39, 0.29) is 23.9 Å². The van der Waals surface area contributed by atoms with Crippen molar-refractivity contribution in [3.63, 3.8) is 0 Å². The maximum absolute atomic E-state index is 12.1. The van der Waals surface area contributed by atoms with Gasteiger partial charge in [0.2, 0.25) is 11.8 Å². The number of amides is 2. The second-order valence-electron chi connectivity index (χ2n) is 6.30. The number of nitrogens with one attached hydrogen (secondary N) is 1. The highest BCUT2D eigenvalue weighted by molar-refractivity contribution is 5.82. The molecule has 1 fully saturated rings. The predicted molar refractivity (Wildman–Crippen MR) is 91.3 cm³/mol. The van der Waals surface area contributed by atoms with E-state index in [0.717, 1.165) is 5.56 Å². The maximum Gasteiger partial charge on any atom is 0.225 e. The Hall–Kier alpha value is -2.24. The molecule has 132 valence electrons. The molecule has 1 atom stereocenters. The van der Waals surface area contributed by atoms with Gasteiger partial charge in [-0.05, 0) is 38.0 Å². The predicted octanol–water partition coefficient (Wildman–Crippen LogP) is 1.76. The topological polar surface area (TPSA) is 67.9 Å². The highest BCUT2D eigenvalue weighted by Gasteiger charge is 2.31. The van der Waals surface area contributed by atoms with Gasteiger partial charge in [-0.15, -0.1) is 0 Å². The molecule has 6 nitrogen and oxygen atoms in total. The quantitative estimate of drug-likeness (QED) is 0.825. The smallest absolute Gasteiger partial charge is 0.225 e. The van der Waals surface area contributed by atoms with Crippen molar-refractivity contribution in [1.82, 2.24) is 10.2 Å². The highest BCUT2D eigenvalue weighted by Crippen LogP contribution is 2.28. The van der Waals surface area contributed by atoms with E-state index in [9.17, 15) is 9.59 Å². The van der Waals surface area contributed by atoms with Crippen molar-refractivity contribution >= 4 is 11.8 Å². The van der Waals surface area contributed by atoms with Crippen LogP contribution in [0, 0.1) is 0 Å². The van der Waals surface area contributed by atoms with Gasteiger partial charge in [0.1, 0.15) is 0 Å². The summed E-state index contributed by atoms with van der Waals surface area (Å²) in [7, 11) is 3.18. The Balaban J connectivity index is 1.85. The van der Waals surface area contributed by atoms with Crippen LogP contribution in [0.4, 0.5) is 0 Å². The zero-order chi connectivity index (χ0) is 17.7. The summed E-state index contributed by atoms with van der Waals surface area (Å²) in [5.41, 5.74) is 1.01. The van der Waals surface area contributed by atoms with Gasteiger partial charge >= 0.3 is 0 Å². The molecule has 0 spiro atoms. The lowest BCUT2D eigenvalue weighted by Gasteiger charge is -2.21. The number of ether oxygens (including phenoxy) is 2. The summed E-state index contributed by atoms with van der Waals surface area (Å²) >= 11 is 0. The Bertz CT molecular complexity index is 601. The zero-order valence-corrected chi connectivity index (χ0v) is 14.8. The van der Waals surface area contributed by atoms with Crippen LogP contribution in [0.15, 0.2) is 18.2 Å². The summed E-state index contributed by atoms with van der Waals surface area (Å²) in [6, 6.07) is 5.73. The van der Waals surface area contributed by atoms with Gasteiger partial charge in [-0.2, -0.15) is 0 Å². The standard InChI is InChI=1S/C18H26N2O4/c1-12(2)20-11-14(10-18(20)22)19-17(21)8-6-13-5-7-15(23-3)16(9-13)24-4/h5,7,9,12,14H,6,8,10-11H2,1-4H3,(H,19,21). The summed E-state index contributed by atoms with van der Waals surface area (Å²) in [4.78, 5) is 25.8. The minimum atomic E-state index is -0.0854. The molecule has 0 bridgehead atoms. The highest BCUT2D eigenvalue weighted by atomic mass is 16.5. The second-order valence-corrected chi connectivity index (χ2v) is 6.30. The first-order valence-electron chi connectivity index (χ1n) is 8.24. The van der Waals surface area contributed by atoms with Gasteiger partial charge in [0.25, 0.3) is 0 Å². The molecule has 2 rings (SSSR count). The van der Waals surface area contributed by atoms with Crippen molar-refractivity contribution in [2.24, 2.45) is 0 Å². The van der Waals surface area contributed by atoms with Gasteiger partial charge in [0.05, 0.1) is 20.3 Å². The molecule has 0 aliphatic carbocycles. The van der Waals surface area contributed by atoms with Crippen molar-refractivity contribution < 1.29 is 19.1 Å². The van der Waals surface area contributed by atoms with Crippen LogP contribution in [-0.2, 0) is 16.0 Å². The molecule has 1 aromatic rings. The fourth-order valence-electron chi connectivity index (χ4n) is 2.92. The number of hydrogen-bond acceptors (Lipinski definition) is 4. The van der Waals surface area contributed by atoms with Crippen LogP contribution >= 0.6 is 0 Å². The lowest BCUT2D eigenvalue weighted by Crippen LogP contribution is -2.38. The van der Waals surface area contributed by atoms with E-state index in [1.807, 2.05) is 32.0 Å². The Morgan fingerprint density at radius 1 is 1.29 bits per heavy atom. The van der Waals surface area contributed by atoms with Gasteiger partial charge in [-0.3, -0.25) is 9.59 Å². The normalized spacial score (nSPS) is 17.3. The minimum absolute atomic E-state index is 0.0341. The van der Waals surface area contributed by atoms with E-state index >= 15 is 0 Å². The van der Waals surface area contributed by atoms with Gasteiger partial charge in [0, 0.05) is 25.4 Å². The second kappa shape index (κ2) is 8.04. The van der Waals surface area contributed by atoms with Gasteiger partial charge in [-0.1, -0.05) is 6.07 Å². The monoisotopic (exact) mass is 334 g/mol. The van der Waals surface area contributed by atoms with E-state index in [4.69, 9.17) is 9.47 Å². The number of aryl methyl sites for hydroxylation is 1. The molecule has 24 heavy (non-hydrogen) atoms. The van der Waals surface area contributed by atoms with Gasteiger partial charge < -0.3 is 19.7 Å². The van der Waals surface area contributed by atoms with Crippen LogP contribution in [0.3, 0.4) is 0 Å². The number of hydrogen-bond donors (Lipinski definition) is 1. The van der Waals surface area contributed by atoms with Crippen molar-refractivity contribution in [2.45, 2.75) is 45.2 Å². The first-order valence-corrected chi connectivity index (χ1v) is 8.24. The van der Waals surface area contributed by atoms with Crippen LogP contribution < -0.4 is 14.8 Å². The van der Waals surface area contributed by atoms with Crippen LogP contribution in [0.1, 0.15) is 32.3 Å². The Morgan fingerprint density at radius 3 is 2.58 bits per heavy atom. The molecule has 6 heteroatoms. The molecule has 0 radical (unpaired) electrons. The Morgan fingerprint density at radius 2 is 2.00 bits per heavy atom. The van der Waals surface area contributed by atoms with E-state index in [1.165, 1.54) is 0 Å². The lowest BCUT2D eigenvalue weighted by molar-refractivity contribution is -0.129. The molecule has 0 saturated carbocycles. The Labute approximate surface area is 143 Å². The molecule has 2 amide bonds. The number of carbonyl (C=O) groups excluding carboxylic acids is 2. The van der Waals surface area contributed by atoms with E-state index in [2.05, 4.69) is 5.32 Å². The van der Waals surface area contributed by atoms with E-state index in [0.29, 0.717) is 37.3 Å². The first-order chi connectivity index (χ1) is 11.4. The number of methoxy groups -OCH3 is 2. The van der Waals surface area contributed by atoms with Crippen molar-refractivity contribution in [1.29, 1.82) is 0 Å². The van der Waals surface area contributed by atoms with Crippen LogP contribution in [0.5, 0.6) is 11.5 Å². The molecule has 1 N–H and O–H groups in total. The van der Waals surface area contributed by atoms with Crippen molar-refractivity contribution in [3.8, 4) is 11.5 Å². The largest absolute Gasteiger partial charge is 0.493 e. The summed E-state index contributed by atoms with van der Waals surface area (Å²) in [5.74, 6) is 1.40. The fraction of sp³-hybridized carbons (Fsp3) is 0.556. The minimum Gasteiger partial charge on any atom is -0.493 e. The summed E-state index contributed by atoms with van der Waals surface area (Å²) < 4.78 is 10.5. The summed E-state index contributed by atoms with van der Waals surface area (Å²) in [6.07, 6.45) is 1.38. The molecule has 1 unspecified atom stereocenters. The molecular formula is C18H26N2O4. The third-order valence-corrected chi connectivity index (χ3v) is 4.24. The average molecular weight is 334 g/mol. The van der Waals surface area contributed by atoms with Crippen LogP contribution in [0.25, 0.3) is 0 Å². The molecule has 1 heterocycles. The number of nitrogens with zero attached hydrogens (tertiary/aromatic N) is 1. The summed E-state index contributed by atoms with van der Waals surface area (Å²) in [6.45, 7) is 4.57. The first kappa shape index (κ1) is 18.1. The van der Waals surface area contributed by atoms with E-state index in [1.54, 1.807) is 19.1 Å². The molecule has 1 aliphatic heterocycles. The van der Waals surface area contributed by atoms with Crippen molar-refractivity contribution in [3.05, 3.63) is 23.8 Å². The lowest BCUT2D eigenvalue weighted by atomic mass is 10.1. The number of benzene rings is 1. The fourth-order valence-corrected chi connectivity index (χ4v) is 2.92. The molecule has 1 saturated heterocycles. The molecular weight excluding hydrogens is 308 g/mol. The Kier molecular flexibility index (Phi) is 6.06. The average Bonchev–Trinajstić information content (AvgIpc) is 2.93. The van der Waals surface area contributed by atoms with Gasteiger partial charge in [-0.25, -0.2) is 0 Å². The molecule has 1 aliphatic rings. The van der Waals surface area contributed by atoms with Crippen LogP contribution in [-0.4, -0.2) is 49.6 Å². The van der Waals surface area contributed by atoms with Crippen molar-refractivity contribution in [2.75, 3.05) is 20.8 Å². The number of likely N-dealkylation sites (tertiary alicyclic amines) is 1. The summed E-state index contributed by atoms with van der Waals surface area (Å²) in [5, 5.41) is 2.96. The molecule has 1 aromatic carbocycles. The van der Waals surface area contributed by atoms with Crippen LogP contribution in [0.2, 0.25) is 0 Å². The third-order valence-electron chi connectivity index (χ3n) is 4.24. The number of carbonyl (C=O) groups is 2. The molecule has 0 aromatic heterocycles. The zero-order valence-electron chi connectivity index (χ0n) is 14.8.